The zero-order valence-electron chi connectivity index (χ0n) is 7.23. The van der Waals surface area contributed by atoms with Crippen molar-refractivity contribution in [2.75, 3.05) is 0 Å². The second-order valence-electron chi connectivity index (χ2n) is 2.92. The maximum atomic E-state index is 12.8. The van der Waals surface area contributed by atoms with Crippen LogP contribution >= 0.6 is 0 Å². The maximum Gasteiger partial charge on any atom is 0.421 e. The highest BCUT2D eigenvalue weighted by molar-refractivity contribution is 6.27. The minimum Gasteiger partial charge on any atom is -0.464 e. The van der Waals surface area contributed by atoms with Gasteiger partial charge in [0.05, 0.1) is 11.1 Å². The third-order valence-electron chi connectivity index (χ3n) is 2.04. The van der Waals surface area contributed by atoms with Gasteiger partial charge < -0.3 is 5.11 Å². The topological polar surface area (TPSA) is 74.7 Å². The molecule has 1 N–H and O–H groups in total. The van der Waals surface area contributed by atoms with E-state index in [-0.39, 0.29) is 16.0 Å². The minimum absolute atomic E-state index is 0.0596. The molecule has 2 rings (SSSR count). The Labute approximate surface area is 82.7 Å². The predicted molar refractivity (Wildman–Crippen MR) is 44.9 cm³/mol. The number of carbonyl (C=O) groups excluding carboxylic acids is 2. The van der Waals surface area contributed by atoms with Crippen LogP contribution in [0, 0.1) is 5.82 Å². The molecule has 0 bridgehead atoms. The van der Waals surface area contributed by atoms with E-state index >= 15 is 0 Å². The second-order valence-corrected chi connectivity index (χ2v) is 2.92. The van der Waals surface area contributed by atoms with E-state index in [0.717, 1.165) is 18.2 Å². The van der Waals surface area contributed by atoms with Gasteiger partial charge in [0, 0.05) is 0 Å². The Balaban J connectivity index is 2.60. The molecule has 3 amide bonds. The lowest BCUT2D eigenvalue weighted by molar-refractivity contribution is 0.0651. The van der Waals surface area contributed by atoms with E-state index in [9.17, 15) is 18.8 Å². The summed E-state index contributed by atoms with van der Waals surface area (Å²) in [4.78, 5) is 33.3. The number of hydrogen-bond acceptors (Lipinski definition) is 3. The van der Waals surface area contributed by atoms with E-state index in [1.54, 1.807) is 0 Å². The number of carboxylic acid groups (broad SMARTS) is 1. The minimum atomic E-state index is -1.67. The van der Waals surface area contributed by atoms with Crippen LogP contribution in [0.15, 0.2) is 18.2 Å². The molecule has 0 saturated heterocycles. The van der Waals surface area contributed by atoms with Crippen molar-refractivity contribution in [3.8, 4) is 0 Å². The highest BCUT2D eigenvalue weighted by Gasteiger charge is 2.40. The molecule has 6 heteroatoms. The highest BCUT2D eigenvalue weighted by atomic mass is 19.1. The van der Waals surface area contributed by atoms with Crippen molar-refractivity contribution in [2.45, 2.75) is 0 Å². The van der Waals surface area contributed by atoms with Gasteiger partial charge in [-0.3, -0.25) is 9.59 Å². The fourth-order valence-electron chi connectivity index (χ4n) is 1.39. The average molecular weight is 209 g/mol. The summed E-state index contributed by atoms with van der Waals surface area (Å²) in [7, 11) is 0. The van der Waals surface area contributed by atoms with Crippen LogP contribution in [-0.4, -0.2) is 27.9 Å². The van der Waals surface area contributed by atoms with Gasteiger partial charge in [-0.25, -0.2) is 9.18 Å². The molecule has 1 aromatic rings. The molecular weight excluding hydrogens is 205 g/mol. The molecule has 0 atom stereocenters. The largest absolute Gasteiger partial charge is 0.464 e. The van der Waals surface area contributed by atoms with Gasteiger partial charge in [-0.05, 0) is 18.2 Å². The quantitative estimate of drug-likeness (QED) is 0.649. The fourth-order valence-corrected chi connectivity index (χ4v) is 1.39. The Bertz CT molecular complexity index is 497. The molecule has 0 aliphatic carbocycles. The molecule has 0 spiro atoms. The first-order valence-electron chi connectivity index (χ1n) is 3.93. The summed E-state index contributed by atoms with van der Waals surface area (Å²) in [6.07, 6.45) is -1.67. The summed E-state index contributed by atoms with van der Waals surface area (Å²) in [5.41, 5.74) is -0.314. The molecule has 0 radical (unpaired) electrons. The number of hydrogen-bond donors (Lipinski definition) is 1. The standard InChI is InChI=1S/C9H4FNO4/c10-4-1-2-5-6(3-4)8(13)11(7(5)12)9(14)15/h1-3H,(H,14,15). The lowest BCUT2D eigenvalue weighted by atomic mass is 10.1. The van der Waals surface area contributed by atoms with Crippen molar-refractivity contribution >= 4 is 17.9 Å². The van der Waals surface area contributed by atoms with Crippen LogP contribution < -0.4 is 0 Å². The summed E-state index contributed by atoms with van der Waals surface area (Å²) >= 11 is 0. The van der Waals surface area contributed by atoms with Crippen LogP contribution in [0.3, 0.4) is 0 Å². The lowest BCUT2D eigenvalue weighted by Crippen LogP contribution is -2.34. The second kappa shape index (κ2) is 2.88. The third kappa shape index (κ3) is 1.18. The average Bonchev–Trinajstić information content (AvgIpc) is 2.39. The van der Waals surface area contributed by atoms with Crippen molar-refractivity contribution in [2.24, 2.45) is 0 Å². The van der Waals surface area contributed by atoms with Gasteiger partial charge in [0.2, 0.25) is 0 Å². The lowest BCUT2D eigenvalue weighted by Gasteiger charge is -2.04. The zero-order valence-corrected chi connectivity index (χ0v) is 7.23. The van der Waals surface area contributed by atoms with E-state index in [0.29, 0.717) is 0 Å². The van der Waals surface area contributed by atoms with Crippen LogP contribution in [0.1, 0.15) is 20.7 Å². The fraction of sp³-hybridized carbons (Fsp3) is 0. The van der Waals surface area contributed by atoms with Gasteiger partial charge in [0.25, 0.3) is 11.8 Å². The van der Waals surface area contributed by atoms with Crippen molar-refractivity contribution in [3.63, 3.8) is 0 Å². The van der Waals surface area contributed by atoms with Gasteiger partial charge in [-0.15, -0.1) is 0 Å². The van der Waals surface area contributed by atoms with Gasteiger partial charge in [0.1, 0.15) is 5.82 Å². The summed E-state index contributed by atoms with van der Waals surface area (Å²) < 4.78 is 12.8. The number of nitrogens with zero attached hydrogens (tertiary/aromatic N) is 1. The van der Waals surface area contributed by atoms with E-state index in [4.69, 9.17) is 5.11 Å². The Morgan fingerprint density at radius 3 is 2.40 bits per heavy atom. The third-order valence-corrected chi connectivity index (χ3v) is 2.04. The summed E-state index contributed by atoms with van der Waals surface area (Å²) in [5.74, 6) is -2.65. The van der Waals surface area contributed by atoms with Crippen LogP contribution in [0.25, 0.3) is 0 Å². The van der Waals surface area contributed by atoms with Gasteiger partial charge in [-0.1, -0.05) is 0 Å². The molecule has 1 aliphatic rings. The molecule has 5 nitrogen and oxygen atoms in total. The number of imide groups is 3. The van der Waals surface area contributed by atoms with Crippen molar-refractivity contribution in [1.82, 2.24) is 4.90 Å². The maximum absolute atomic E-state index is 12.8. The Morgan fingerprint density at radius 1 is 1.20 bits per heavy atom. The first kappa shape index (κ1) is 9.32. The molecule has 0 fully saturated rings. The first-order chi connectivity index (χ1) is 7.02. The van der Waals surface area contributed by atoms with Crippen LogP contribution in [-0.2, 0) is 0 Å². The molecule has 76 valence electrons. The SMILES string of the molecule is O=C(O)N1C(=O)c2ccc(F)cc2C1=O. The van der Waals surface area contributed by atoms with Crippen molar-refractivity contribution < 1.29 is 23.9 Å². The predicted octanol–water partition coefficient (Wildman–Crippen LogP) is 1.10. The summed E-state index contributed by atoms with van der Waals surface area (Å²) in [6.45, 7) is 0. The monoisotopic (exact) mass is 209 g/mol. The van der Waals surface area contributed by atoms with Crippen molar-refractivity contribution in [1.29, 1.82) is 0 Å². The number of halogens is 1. The highest BCUT2D eigenvalue weighted by Crippen LogP contribution is 2.23. The van der Waals surface area contributed by atoms with E-state index in [1.807, 2.05) is 0 Å². The van der Waals surface area contributed by atoms with Crippen molar-refractivity contribution in [3.05, 3.63) is 35.1 Å². The molecule has 1 aliphatic heterocycles. The first-order valence-corrected chi connectivity index (χ1v) is 3.93. The number of amides is 3. The molecule has 1 heterocycles. The molecule has 0 aromatic heterocycles. The molecular formula is C9H4FNO4. The Kier molecular flexibility index (Phi) is 1.79. The summed E-state index contributed by atoms with van der Waals surface area (Å²) in [5, 5.41) is 8.59. The smallest absolute Gasteiger partial charge is 0.421 e. The molecule has 1 aromatic carbocycles. The number of rotatable bonds is 0. The zero-order chi connectivity index (χ0) is 11.2. The molecule has 0 unspecified atom stereocenters. The van der Waals surface area contributed by atoms with Crippen LogP contribution in [0.5, 0.6) is 0 Å². The van der Waals surface area contributed by atoms with E-state index in [2.05, 4.69) is 0 Å². The Hall–Kier alpha value is -2.24. The van der Waals surface area contributed by atoms with Gasteiger partial charge in [-0.2, -0.15) is 4.90 Å². The number of benzene rings is 1. The van der Waals surface area contributed by atoms with Gasteiger partial charge >= 0.3 is 6.09 Å². The molecule has 15 heavy (non-hydrogen) atoms. The molecule has 0 saturated carbocycles. The van der Waals surface area contributed by atoms with Crippen LogP contribution in [0.4, 0.5) is 9.18 Å². The van der Waals surface area contributed by atoms with E-state index < -0.39 is 23.7 Å². The van der Waals surface area contributed by atoms with E-state index in [1.165, 1.54) is 0 Å². The summed E-state index contributed by atoms with van der Waals surface area (Å²) in [6, 6.07) is 2.93. The van der Waals surface area contributed by atoms with Gasteiger partial charge in [0.15, 0.2) is 0 Å². The number of carbonyl (C=O) groups is 3. The number of fused-ring (bicyclic) bond motifs is 1. The Morgan fingerprint density at radius 2 is 1.80 bits per heavy atom. The normalized spacial score (nSPS) is 14.3. The van der Waals surface area contributed by atoms with Crippen LogP contribution in [0.2, 0.25) is 0 Å².